The molecule has 24 heavy (non-hydrogen) atoms. The molecule has 1 saturated heterocycles. The first kappa shape index (κ1) is 16.6. The van der Waals surface area contributed by atoms with Crippen molar-refractivity contribution in [2.24, 2.45) is 0 Å². The van der Waals surface area contributed by atoms with Crippen LogP contribution in [0.15, 0.2) is 30.5 Å². The Morgan fingerprint density at radius 2 is 2.08 bits per heavy atom. The van der Waals surface area contributed by atoms with Crippen LogP contribution in [0.25, 0.3) is 0 Å². The summed E-state index contributed by atoms with van der Waals surface area (Å²) in [5.74, 6) is 0.123. The van der Waals surface area contributed by atoms with Gasteiger partial charge in [0, 0.05) is 29.9 Å². The molecule has 1 aliphatic rings. The van der Waals surface area contributed by atoms with Crippen LogP contribution in [0.5, 0.6) is 0 Å². The van der Waals surface area contributed by atoms with Crippen LogP contribution in [-0.2, 0) is 13.1 Å². The predicted octanol–water partition coefficient (Wildman–Crippen LogP) is 2.27. The van der Waals surface area contributed by atoms with Crippen molar-refractivity contribution in [1.82, 2.24) is 14.7 Å². The van der Waals surface area contributed by atoms with Crippen LogP contribution in [0.4, 0.5) is 4.39 Å². The molecule has 0 atom stereocenters. The molecule has 2 aromatic rings. The highest BCUT2D eigenvalue weighted by atomic mass is 19.1. The van der Waals surface area contributed by atoms with Gasteiger partial charge < -0.3 is 5.11 Å². The minimum Gasteiger partial charge on any atom is -0.394 e. The summed E-state index contributed by atoms with van der Waals surface area (Å²) in [5, 5.41) is 22.2. The van der Waals surface area contributed by atoms with Crippen LogP contribution in [0.1, 0.15) is 35.6 Å². The molecule has 126 valence electrons. The molecule has 0 radical (unpaired) electrons. The van der Waals surface area contributed by atoms with E-state index in [9.17, 15) is 4.39 Å². The highest BCUT2D eigenvalue weighted by Gasteiger charge is 2.23. The lowest BCUT2D eigenvalue weighted by Crippen LogP contribution is -2.33. The molecule has 0 unspecified atom stereocenters. The number of piperidine rings is 1. The number of aliphatic hydroxyl groups is 1. The Morgan fingerprint density at radius 1 is 1.29 bits per heavy atom. The van der Waals surface area contributed by atoms with Crippen molar-refractivity contribution in [3.05, 3.63) is 53.1 Å². The fourth-order valence-electron chi connectivity index (χ4n) is 3.34. The molecular weight excluding hydrogens is 307 g/mol. The molecule has 1 aliphatic heterocycles. The van der Waals surface area contributed by atoms with Gasteiger partial charge in [0.05, 0.1) is 24.8 Å². The first-order chi connectivity index (χ1) is 11.7. The van der Waals surface area contributed by atoms with Gasteiger partial charge in [-0.1, -0.05) is 6.07 Å². The Labute approximate surface area is 140 Å². The third-order valence-corrected chi connectivity index (χ3v) is 4.64. The van der Waals surface area contributed by atoms with Crippen LogP contribution in [0.2, 0.25) is 0 Å². The highest BCUT2D eigenvalue weighted by molar-refractivity contribution is 5.32. The number of hydrogen-bond acceptors (Lipinski definition) is 4. The molecule has 0 aliphatic carbocycles. The third-order valence-electron chi connectivity index (χ3n) is 4.64. The standard InChI is InChI=1S/C18H21FN4O/c19-17-11-14(12-20)1-2-16(17)13-22-7-4-15(5-8-22)18-3-6-21-23(18)9-10-24/h1-3,6,11,15,24H,4-5,7-10,13H2. The molecule has 1 N–H and O–H groups in total. The molecule has 0 amide bonds. The number of aliphatic hydroxyl groups excluding tert-OH is 1. The second kappa shape index (κ2) is 7.56. The lowest BCUT2D eigenvalue weighted by Gasteiger charge is -2.32. The number of nitriles is 1. The summed E-state index contributed by atoms with van der Waals surface area (Å²) < 4.78 is 15.9. The Balaban J connectivity index is 1.59. The van der Waals surface area contributed by atoms with Gasteiger partial charge in [-0.25, -0.2) is 4.39 Å². The molecule has 6 heteroatoms. The average molecular weight is 328 g/mol. The molecule has 1 aromatic heterocycles. The molecule has 3 rings (SSSR count). The van der Waals surface area contributed by atoms with Crippen LogP contribution in [0, 0.1) is 17.1 Å². The van der Waals surface area contributed by atoms with Crippen molar-refractivity contribution in [3.8, 4) is 6.07 Å². The fraction of sp³-hybridized carbons (Fsp3) is 0.444. The second-order valence-electron chi connectivity index (χ2n) is 6.17. The average Bonchev–Trinajstić information content (AvgIpc) is 3.06. The molecule has 0 saturated carbocycles. The van der Waals surface area contributed by atoms with E-state index in [1.165, 1.54) is 11.8 Å². The zero-order chi connectivity index (χ0) is 16.9. The number of rotatable bonds is 5. The Morgan fingerprint density at radius 3 is 2.75 bits per heavy atom. The van der Waals surface area contributed by atoms with Crippen molar-refractivity contribution >= 4 is 0 Å². The minimum absolute atomic E-state index is 0.0888. The van der Waals surface area contributed by atoms with E-state index >= 15 is 0 Å². The van der Waals surface area contributed by atoms with E-state index in [4.69, 9.17) is 10.4 Å². The maximum Gasteiger partial charge on any atom is 0.129 e. The van der Waals surface area contributed by atoms with Crippen molar-refractivity contribution in [2.45, 2.75) is 31.8 Å². The van der Waals surface area contributed by atoms with Gasteiger partial charge in [-0.15, -0.1) is 0 Å². The summed E-state index contributed by atoms with van der Waals surface area (Å²) in [6, 6.07) is 8.65. The van der Waals surface area contributed by atoms with E-state index < -0.39 is 0 Å². The Kier molecular flexibility index (Phi) is 5.24. The van der Waals surface area contributed by atoms with Crippen LogP contribution in [0.3, 0.4) is 0 Å². The quantitative estimate of drug-likeness (QED) is 0.914. The molecule has 5 nitrogen and oxygen atoms in total. The number of hydrogen-bond donors (Lipinski definition) is 1. The Bertz CT molecular complexity index is 729. The number of likely N-dealkylation sites (tertiary alicyclic amines) is 1. The van der Waals surface area contributed by atoms with Crippen molar-refractivity contribution in [1.29, 1.82) is 5.26 Å². The minimum atomic E-state index is -0.308. The van der Waals surface area contributed by atoms with Gasteiger partial charge in [0.15, 0.2) is 0 Å². The van der Waals surface area contributed by atoms with Gasteiger partial charge >= 0.3 is 0 Å². The van der Waals surface area contributed by atoms with E-state index in [0.29, 0.717) is 30.1 Å². The molecule has 2 heterocycles. The van der Waals surface area contributed by atoms with Crippen LogP contribution >= 0.6 is 0 Å². The third kappa shape index (κ3) is 3.64. The largest absolute Gasteiger partial charge is 0.394 e. The zero-order valence-electron chi connectivity index (χ0n) is 13.5. The first-order valence-electron chi connectivity index (χ1n) is 8.24. The zero-order valence-corrected chi connectivity index (χ0v) is 13.5. The van der Waals surface area contributed by atoms with E-state index in [1.54, 1.807) is 18.3 Å². The SMILES string of the molecule is N#Cc1ccc(CN2CCC(c3ccnn3CCO)CC2)c(F)c1. The molecule has 0 spiro atoms. The van der Waals surface area contributed by atoms with Gasteiger partial charge in [0.1, 0.15) is 5.82 Å². The number of benzene rings is 1. The monoisotopic (exact) mass is 328 g/mol. The summed E-state index contributed by atoms with van der Waals surface area (Å²) in [5.41, 5.74) is 2.16. The van der Waals surface area contributed by atoms with Crippen molar-refractivity contribution in [2.75, 3.05) is 19.7 Å². The summed E-state index contributed by atoms with van der Waals surface area (Å²) in [4.78, 5) is 2.24. The van der Waals surface area contributed by atoms with E-state index in [-0.39, 0.29) is 12.4 Å². The summed E-state index contributed by atoms with van der Waals surface area (Å²) in [6.45, 7) is 2.98. The number of halogens is 1. The number of aromatic nitrogens is 2. The fourth-order valence-corrected chi connectivity index (χ4v) is 3.34. The summed E-state index contributed by atoms with van der Waals surface area (Å²) in [7, 11) is 0. The maximum atomic E-state index is 14.0. The smallest absolute Gasteiger partial charge is 0.129 e. The van der Waals surface area contributed by atoms with Gasteiger partial charge in [-0.05, 0) is 44.1 Å². The maximum absolute atomic E-state index is 14.0. The molecule has 1 fully saturated rings. The van der Waals surface area contributed by atoms with E-state index in [2.05, 4.69) is 10.00 Å². The van der Waals surface area contributed by atoms with Crippen molar-refractivity contribution < 1.29 is 9.50 Å². The predicted molar refractivity (Wildman–Crippen MR) is 87.7 cm³/mol. The van der Waals surface area contributed by atoms with Crippen LogP contribution in [-0.4, -0.2) is 39.5 Å². The Hall–Kier alpha value is -2.23. The van der Waals surface area contributed by atoms with Gasteiger partial charge in [0.25, 0.3) is 0 Å². The van der Waals surface area contributed by atoms with E-state index in [0.717, 1.165) is 25.9 Å². The van der Waals surface area contributed by atoms with Crippen molar-refractivity contribution in [3.63, 3.8) is 0 Å². The normalized spacial score (nSPS) is 16.2. The van der Waals surface area contributed by atoms with E-state index in [1.807, 2.05) is 16.8 Å². The van der Waals surface area contributed by atoms with Gasteiger partial charge in [-0.3, -0.25) is 9.58 Å². The topological polar surface area (TPSA) is 65.1 Å². The summed E-state index contributed by atoms with van der Waals surface area (Å²) in [6.07, 6.45) is 3.77. The molecular formula is C18H21FN4O. The van der Waals surface area contributed by atoms with Gasteiger partial charge in [0.2, 0.25) is 0 Å². The molecule has 1 aromatic carbocycles. The van der Waals surface area contributed by atoms with Gasteiger partial charge in [-0.2, -0.15) is 10.4 Å². The van der Waals surface area contributed by atoms with Crippen LogP contribution < -0.4 is 0 Å². The molecule has 0 bridgehead atoms. The number of nitrogens with zero attached hydrogens (tertiary/aromatic N) is 4. The lowest BCUT2D eigenvalue weighted by molar-refractivity contribution is 0.197. The summed E-state index contributed by atoms with van der Waals surface area (Å²) >= 11 is 0. The second-order valence-corrected chi connectivity index (χ2v) is 6.17. The highest BCUT2D eigenvalue weighted by Crippen LogP contribution is 2.28. The first-order valence-corrected chi connectivity index (χ1v) is 8.24. The lowest BCUT2D eigenvalue weighted by atomic mass is 9.93.